The first kappa shape index (κ1) is 16.5. The molecule has 2 aliphatic carbocycles. The molecular weight excluding hydrogens is 296 g/mol. The minimum Gasteiger partial charge on any atom is -0.462 e. The summed E-state index contributed by atoms with van der Waals surface area (Å²) in [6, 6.07) is 0. The number of rotatable bonds is 2. The molecule has 2 fully saturated rings. The molecule has 23 heavy (non-hydrogen) atoms. The second-order valence-corrected chi connectivity index (χ2v) is 7.57. The average molecular weight is 322 g/mol. The van der Waals surface area contributed by atoms with Crippen LogP contribution < -0.4 is 0 Å². The lowest BCUT2D eigenvalue weighted by Crippen LogP contribution is -2.55. The number of ether oxygens (including phenoxy) is 3. The van der Waals surface area contributed by atoms with Crippen molar-refractivity contribution >= 4 is 11.9 Å². The zero-order valence-electron chi connectivity index (χ0n) is 14.6. The second kappa shape index (κ2) is 5.33. The molecule has 5 heteroatoms. The quantitative estimate of drug-likeness (QED) is 0.731. The molecule has 128 valence electrons. The normalized spacial score (nSPS) is 42.8. The van der Waals surface area contributed by atoms with E-state index in [9.17, 15) is 9.59 Å². The third-order valence-corrected chi connectivity index (χ3v) is 6.48. The lowest BCUT2D eigenvalue weighted by molar-refractivity contribution is -0.229. The fourth-order valence-electron chi connectivity index (χ4n) is 4.81. The summed E-state index contributed by atoms with van der Waals surface area (Å²) in [5, 5.41) is 0. The summed E-state index contributed by atoms with van der Waals surface area (Å²) in [5.74, 6) is -0.899. The molecule has 0 spiro atoms. The van der Waals surface area contributed by atoms with E-state index in [2.05, 4.69) is 13.8 Å². The van der Waals surface area contributed by atoms with Crippen molar-refractivity contribution in [2.45, 2.75) is 65.3 Å². The van der Waals surface area contributed by atoms with E-state index in [0.29, 0.717) is 17.9 Å². The molecule has 0 aromatic rings. The van der Waals surface area contributed by atoms with Gasteiger partial charge in [-0.05, 0) is 37.5 Å². The molecule has 1 aliphatic heterocycles. The largest absolute Gasteiger partial charge is 0.462 e. The Hall–Kier alpha value is -1.36. The van der Waals surface area contributed by atoms with Gasteiger partial charge in [0.2, 0.25) is 5.79 Å². The first-order valence-corrected chi connectivity index (χ1v) is 8.39. The molecule has 3 rings (SSSR count). The van der Waals surface area contributed by atoms with E-state index in [4.69, 9.17) is 14.2 Å². The Balaban J connectivity index is 2.02. The fraction of sp³-hybridized carbons (Fsp3) is 0.778. The molecule has 0 bridgehead atoms. The third-order valence-electron chi connectivity index (χ3n) is 6.48. The smallest absolute Gasteiger partial charge is 0.336 e. The van der Waals surface area contributed by atoms with Crippen LogP contribution in [0, 0.1) is 17.3 Å². The first-order valence-electron chi connectivity index (χ1n) is 8.39. The van der Waals surface area contributed by atoms with Gasteiger partial charge in [0.1, 0.15) is 6.10 Å². The maximum Gasteiger partial charge on any atom is 0.336 e. The van der Waals surface area contributed by atoms with E-state index in [1.807, 2.05) is 6.92 Å². The lowest BCUT2D eigenvalue weighted by Gasteiger charge is -2.55. The Labute approximate surface area is 137 Å². The summed E-state index contributed by atoms with van der Waals surface area (Å²) in [7, 11) is 1.58. The summed E-state index contributed by atoms with van der Waals surface area (Å²) in [4.78, 5) is 23.6. The van der Waals surface area contributed by atoms with Crippen molar-refractivity contribution in [3.8, 4) is 0 Å². The van der Waals surface area contributed by atoms with Crippen LogP contribution in [-0.4, -0.2) is 30.9 Å². The van der Waals surface area contributed by atoms with Crippen LogP contribution in [0.5, 0.6) is 0 Å². The molecule has 3 aliphatic rings. The molecule has 5 atom stereocenters. The zero-order chi connectivity index (χ0) is 17.0. The predicted molar refractivity (Wildman–Crippen MR) is 83.3 cm³/mol. The van der Waals surface area contributed by atoms with Gasteiger partial charge in [0.05, 0.1) is 0 Å². The van der Waals surface area contributed by atoms with E-state index in [1.54, 1.807) is 7.11 Å². The van der Waals surface area contributed by atoms with Crippen molar-refractivity contribution in [3.63, 3.8) is 0 Å². The van der Waals surface area contributed by atoms with Gasteiger partial charge in [-0.2, -0.15) is 0 Å². The first-order chi connectivity index (χ1) is 10.7. The third kappa shape index (κ3) is 2.32. The molecule has 0 amide bonds. The monoisotopic (exact) mass is 322 g/mol. The number of fused-ring (bicyclic) bond motifs is 2. The summed E-state index contributed by atoms with van der Waals surface area (Å²) in [6.07, 6.45) is 3.04. The molecule has 2 saturated carbocycles. The Morgan fingerprint density at radius 3 is 2.65 bits per heavy atom. The van der Waals surface area contributed by atoms with Crippen LogP contribution >= 0.6 is 0 Å². The zero-order valence-corrected chi connectivity index (χ0v) is 14.6. The van der Waals surface area contributed by atoms with Gasteiger partial charge in [-0.15, -0.1) is 0 Å². The van der Waals surface area contributed by atoms with Crippen molar-refractivity contribution in [1.82, 2.24) is 0 Å². The highest BCUT2D eigenvalue weighted by Crippen LogP contribution is 2.60. The SMILES string of the molecule is CO[C@]12C[C@H]3[C@@H](OC(C)=O)CC[C@H](C)[C@@]3(C)CC1=C(C)C(=O)O2. The lowest BCUT2D eigenvalue weighted by atomic mass is 9.53. The van der Waals surface area contributed by atoms with Crippen LogP contribution in [0.4, 0.5) is 0 Å². The molecule has 0 N–H and O–H groups in total. The Kier molecular flexibility index (Phi) is 3.82. The summed E-state index contributed by atoms with van der Waals surface area (Å²) >= 11 is 0. The van der Waals surface area contributed by atoms with Crippen LogP contribution in [-0.2, 0) is 23.8 Å². The molecule has 0 saturated heterocycles. The number of esters is 2. The van der Waals surface area contributed by atoms with Gasteiger partial charge >= 0.3 is 11.9 Å². The molecule has 0 aromatic carbocycles. The number of methoxy groups -OCH3 is 1. The van der Waals surface area contributed by atoms with Crippen molar-refractivity contribution in [3.05, 3.63) is 11.1 Å². The number of hydrogen-bond donors (Lipinski definition) is 0. The fourth-order valence-corrected chi connectivity index (χ4v) is 4.81. The van der Waals surface area contributed by atoms with Gasteiger partial charge < -0.3 is 14.2 Å². The number of hydrogen-bond acceptors (Lipinski definition) is 5. The Morgan fingerprint density at radius 1 is 1.35 bits per heavy atom. The van der Waals surface area contributed by atoms with Crippen LogP contribution in [0.2, 0.25) is 0 Å². The molecule has 5 nitrogen and oxygen atoms in total. The van der Waals surface area contributed by atoms with Crippen LogP contribution in [0.25, 0.3) is 0 Å². The van der Waals surface area contributed by atoms with Gasteiger partial charge in [-0.3, -0.25) is 4.79 Å². The predicted octanol–water partition coefficient (Wildman–Crippen LogP) is 2.98. The second-order valence-electron chi connectivity index (χ2n) is 7.57. The molecule has 0 radical (unpaired) electrons. The van der Waals surface area contributed by atoms with Crippen LogP contribution in [0.1, 0.15) is 53.4 Å². The highest BCUT2D eigenvalue weighted by atomic mass is 16.7. The van der Waals surface area contributed by atoms with E-state index in [1.165, 1.54) is 6.92 Å². The minimum absolute atomic E-state index is 0.0228. The van der Waals surface area contributed by atoms with Crippen LogP contribution in [0.3, 0.4) is 0 Å². The van der Waals surface area contributed by atoms with Crippen molar-refractivity contribution in [2.24, 2.45) is 17.3 Å². The maximum atomic E-state index is 12.1. The minimum atomic E-state index is -0.971. The summed E-state index contributed by atoms with van der Waals surface area (Å²) < 4.78 is 16.9. The highest BCUT2D eigenvalue weighted by Gasteiger charge is 2.61. The maximum absolute atomic E-state index is 12.1. The number of carbonyl (C=O) groups is 2. The highest BCUT2D eigenvalue weighted by molar-refractivity contribution is 5.92. The van der Waals surface area contributed by atoms with E-state index < -0.39 is 5.79 Å². The Bertz CT molecular complexity index is 580. The average Bonchev–Trinajstić information content (AvgIpc) is 2.73. The molecular formula is C18H26O5. The summed E-state index contributed by atoms with van der Waals surface area (Å²) in [5.41, 5.74) is 1.62. The van der Waals surface area contributed by atoms with Crippen molar-refractivity contribution in [2.75, 3.05) is 7.11 Å². The van der Waals surface area contributed by atoms with E-state index >= 15 is 0 Å². The standard InChI is InChI=1S/C18H26O5/c1-10-6-7-15(22-12(3)19)14-9-18(21-5)13(8-17(10,14)4)11(2)16(20)23-18/h10,14-15H,6-9H2,1-5H3/t10-,14-,15-,17+,18-/m0/s1. The Morgan fingerprint density at radius 2 is 2.04 bits per heavy atom. The van der Waals surface area contributed by atoms with Gasteiger partial charge in [0.15, 0.2) is 0 Å². The molecule has 0 unspecified atom stereocenters. The summed E-state index contributed by atoms with van der Waals surface area (Å²) in [6.45, 7) is 7.78. The van der Waals surface area contributed by atoms with E-state index in [0.717, 1.165) is 24.8 Å². The number of carbonyl (C=O) groups excluding carboxylic acids is 2. The van der Waals surface area contributed by atoms with Crippen molar-refractivity contribution in [1.29, 1.82) is 0 Å². The van der Waals surface area contributed by atoms with Crippen molar-refractivity contribution < 1.29 is 23.8 Å². The van der Waals surface area contributed by atoms with Gasteiger partial charge in [0, 0.05) is 37.5 Å². The van der Waals surface area contributed by atoms with Gasteiger partial charge in [-0.1, -0.05) is 13.8 Å². The van der Waals surface area contributed by atoms with Gasteiger partial charge in [0.25, 0.3) is 0 Å². The van der Waals surface area contributed by atoms with Crippen LogP contribution in [0.15, 0.2) is 11.1 Å². The molecule has 0 aromatic heterocycles. The molecule has 1 heterocycles. The van der Waals surface area contributed by atoms with Gasteiger partial charge in [-0.25, -0.2) is 4.79 Å². The topological polar surface area (TPSA) is 61.8 Å². The van der Waals surface area contributed by atoms with E-state index in [-0.39, 0.29) is 29.4 Å².